The molecule has 3 rings (SSSR count). The number of para-hydroxylation sites is 1. The number of ether oxygens (including phenoxy) is 1. The number of hydrogen-bond acceptors (Lipinski definition) is 5. The maximum Gasteiger partial charge on any atom is 0.263 e. The van der Waals surface area contributed by atoms with E-state index >= 15 is 0 Å². The number of nitrogens with zero attached hydrogens (tertiary/aromatic N) is 3. The van der Waals surface area contributed by atoms with Crippen LogP contribution in [-0.2, 0) is 4.79 Å². The molecular formula is C16H18N4O2. The normalized spacial score (nSPS) is 15.8. The first kappa shape index (κ1) is 14.3. The number of likely N-dealkylation sites (tertiary alicyclic amines) is 1. The average Bonchev–Trinajstić information content (AvgIpc) is 2.52. The second-order valence-electron chi connectivity index (χ2n) is 5.23. The van der Waals surface area contributed by atoms with Gasteiger partial charge in [-0.05, 0) is 25.1 Å². The van der Waals surface area contributed by atoms with Gasteiger partial charge < -0.3 is 15.0 Å². The van der Waals surface area contributed by atoms with Gasteiger partial charge in [0.05, 0.1) is 6.04 Å². The third-order valence-corrected chi connectivity index (χ3v) is 3.50. The molecule has 1 unspecified atom stereocenters. The first-order valence-electron chi connectivity index (χ1n) is 7.26. The zero-order valence-electron chi connectivity index (χ0n) is 12.3. The minimum absolute atomic E-state index is 0.00381. The van der Waals surface area contributed by atoms with Crippen molar-refractivity contribution in [3.63, 3.8) is 0 Å². The van der Waals surface area contributed by atoms with Crippen molar-refractivity contribution in [1.82, 2.24) is 14.9 Å². The zero-order chi connectivity index (χ0) is 15.4. The van der Waals surface area contributed by atoms with Crippen LogP contribution in [0.3, 0.4) is 0 Å². The molecule has 1 fully saturated rings. The smallest absolute Gasteiger partial charge is 0.263 e. The average molecular weight is 298 g/mol. The topological polar surface area (TPSA) is 67.3 Å². The molecule has 1 aliphatic rings. The maximum atomic E-state index is 12.3. The lowest BCUT2D eigenvalue weighted by molar-refractivity contribution is -0.142. The molecule has 0 radical (unpaired) electrons. The van der Waals surface area contributed by atoms with Crippen molar-refractivity contribution < 1.29 is 9.53 Å². The molecule has 1 aliphatic heterocycles. The Morgan fingerprint density at radius 1 is 1.23 bits per heavy atom. The van der Waals surface area contributed by atoms with Crippen LogP contribution in [0.2, 0.25) is 0 Å². The summed E-state index contributed by atoms with van der Waals surface area (Å²) in [5.41, 5.74) is 0. The number of benzene rings is 1. The number of carbonyl (C=O) groups is 1. The Hall–Kier alpha value is -2.63. The van der Waals surface area contributed by atoms with Crippen molar-refractivity contribution in [3.8, 4) is 5.75 Å². The molecular weight excluding hydrogens is 280 g/mol. The molecule has 22 heavy (non-hydrogen) atoms. The van der Waals surface area contributed by atoms with Gasteiger partial charge in [0, 0.05) is 25.5 Å². The van der Waals surface area contributed by atoms with Crippen LogP contribution in [0.15, 0.2) is 48.8 Å². The molecule has 1 saturated heterocycles. The van der Waals surface area contributed by atoms with Crippen molar-refractivity contribution in [2.24, 2.45) is 0 Å². The minimum Gasteiger partial charge on any atom is -0.481 e. The van der Waals surface area contributed by atoms with Gasteiger partial charge in [0.1, 0.15) is 5.75 Å². The summed E-state index contributed by atoms with van der Waals surface area (Å²) in [6.07, 6.45) is 2.88. The summed E-state index contributed by atoms with van der Waals surface area (Å²) in [5.74, 6) is 1.29. The second kappa shape index (κ2) is 6.43. The number of nitrogens with one attached hydrogen (secondary N) is 1. The molecule has 0 bridgehead atoms. The van der Waals surface area contributed by atoms with Gasteiger partial charge in [-0.3, -0.25) is 4.79 Å². The van der Waals surface area contributed by atoms with E-state index in [1.807, 2.05) is 30.3 Å². The lowest BCUT2D eigenvalue weighted by atomic mass is 10.1. The highest BCUT2D eigenvalue weighted by molar-refractivity contribution is 5.82. The summed E-state index contributed by atoms with van der Waals surface area (Å²) in [6.45, 7) is 3.05. The quantitative estimate of drug-likeness (QED) is 0.907. The van der Waals surface area contributed by atoms with Crippen LogP contribution in [0.1, 0.15) is 6.92 Å². The number of aromatic nitrogens is 2. The van der Waals surface area contributed by atoms with Gasteiger partial charge in [0.2, 0.25) is 5.95 Å². The third-order valence-electron chi connectivity index (χ3n) is 3.50. The Kier molecular flexibility index (Phi) is 4.18. The molecule has 1 aromatic carbocycles. The molecule has 1 N–H and O–H groups in total. The standard InChI is InChI=1S/C16H18N4O2/c1-12(22-14-6-3-2-4-7-14)15(21)20-10-13(11-20)19-16-17-8-5-9-18-16/h2-9,12-13H,10-11H2,1H3,(H,17,18,19). The Balaban J connectivity index is 1.47. The van der Waals surface area contributed by atoms with Crippen molar-refractivity contribution in [2.75, 3.05) is 18.4 Å². The molecule has 0 aliphatic carbocycles. The molecule has 6 heteroatoms. The Morgan fingerprint density at radius 3 is 2.59 bits per heavy atom. The Bertz CT molecular complexity index is 615. The molecule has 2 heterocycles. The molecule has 1 atom stereocenters. The maximum absolute atomic E-state index is 12.3. The predicted octanol–water partition coefficient (Wildman–Crippen LogP) is 1.57. The molecule has 2 aromatic rings. The summed E-state index contributed by atoms with van der Waals surface area (Å²) in [6, 6.07) is 11.3. The van der Waals surface area contributed by atoms with Gasteiger partial charge in [-0.25, -0.2) is 9.97 Å². The van der Waals surface area contributed by atoms with Gasteiger partial charge in [-0.1, -0.05) is 18.2 Å². The SMILES string of the molecule is CC(Oc1ccccc1)C(=O)N1CC(Nc2ncccn2)C1. The second-order valence-corrected chi connectivity index (χ2v) is 5.23. The number of amides is 1. The van der Waals surface area contributed by atoms with Crippen LogP contribution < -0.4 is 10.1 Å². The first-order chi connectivity index (χ1) is 10.7. The first-order valence-corrected chi connectivity index (χ1v) is 7.26. The van der Waals surface area contributed by atoms with Gasteiger partial charge in [0.25, 0.3) is 5.91 Å². The Labute approximate surface area is 129 Å². The lowest BCUT2D eigenvalue weighted by Crippen LogP contribution is -2.59. The fourth-order valence-electron chi connectivity index (χ4n) is 2.32. The fourth-order valence-corrected chi connectivity index (χ4v) is 2.32. The van der Waals surface area contributed by atoms with E-state index in [4.69, 9.17) is 4.74 Å². The summed E-state index contributed by atoms with van der Waals surface area (Å²) in [5, 5.41) is 3.19. The van der Waals surface area contributed by atoms with E-state index in [-0.39, 0.29) is 11.9 Å². The summed E-state index contributed by atoms with van der Waals surface area (Å²) in [7, 11) is 0. The number of carbonyl (C=O) groups excluding carboxylic acids is 1. The van der Waals surface area contributed by atoms with E-state index in [1.165, 1.54) is 0 Å². The van der Waals surface area contributed by atoms with Crippen LogP contribution in [0.5, 0.6) is 5.75 Å². The molecule has 114 valence electrons. The van der Waals surface area contributed by atoms with Crippen LogP contribution in [-0.4, -0.2) is 46.0 Å². The van der Waals surface area contributed by atoms with E-state index in [9.17, 15) is 4.79 Å². The fraction of sp³-hybridized carbons (Fsp3) is 0.312. The largest absolute Gasteiger partial charge is 0.481 e. The van der Waals surface area contributed by atoms with E-state index in [1.54, 1.807) is 30.3 Å². The number of hydrogen-bond donors (Lipinski definition) is 1. The molecule has 6 nitrogen and oxygen atoms in total. The van der Waals surface area contributed by atoms with Crippen LogP contribution in [0.25, 0.3) is 0 Å². The number of rotatable bonds is 5. The van der Waals surface area contributed by atoms with Crippen molar-refractivity contribution in [3.05, 3.63) is 48.8 Å². The minimum atomic E-state index is -0.490. The summed E-state index contributed by atoms with van der Waals surface area (Å²) >= 11 is 0. The van der Waals surface area contributed by atoms with Gasteiger partial charge in [-0.2, -0.15) is 0 Å². The summed E-state index contributed by atoms with van der Waals surface area (Å²) < 4.78 is 5.65. The van der Waals surface area contributed by atoms with Crippen molar-refractivity contribution >= 4 is 11.9 Å². The Morgan fingerprint density at radius 2 is 1.91 bits per heavy atom. The highest BCUT2D eigenvalue weighted by Crippen LogP contribution is 2.16. The zero-order valence-corrected chi connectivity index (χ0v) is 12.3. The van der Waals surface area contributed by atoms with Crippen LogP contribution in [0, 0.1) is 0 Å². The highest BCUT2D eigenvalue weighted by Gasteiger charge is 2.34. The van der Waals surface area contributed by atoms with Crippen molar-refractivity contribution in [2.45, 2.75) is 19.1 Å². The molecule has 0 spiro atoms. The summed E-state index contributed by atoms with van der Waals surface area (Å²) in [4.78, 5) is 22.3. The van der Waals surface area contributed by atoms with Crippen LogP contribution >= 0.6 is 0 Å². The van der Waals surface area contributed by atoms with E-state index in [0.717, 1.165) is 0 Å². The van der Waals surface area contributed by atoms with E-state index in [0.29, 0.717) is 24.8 Å². The number of anilines is 1. The van der Waals surface area contributed by atoms with Crippen LogP contribution in [0.4, 0.5) is 5.95 Å². The molecule has 0 saturated carbocycles. The third kappa shape index (κ3) is 3.33. The van der Waals surface area contributed by atoms with E-state index in [2.05, 4.69) is 15.3 Å². The van der Waals surface area contributed by atoms with Gasteiger partial charge in [0.15, 0.2) is 6.10 Å². The van der Waals surface area contributed by atoms with Crippen molar-refractivity contribution in [1.29, 1.82) is 0 Å². The van der Waals surface area contributed by atoms with Gasteiger partial charge >= 0.3 is 0 Å². The van der Waals surface area contributed by atoms with Gasteiger partial charge in [-0.15, -0.1) is 0 Å². The molecule has 1 aromatic heterocycles. The molecule has 1 amide bonds. The highest BCUT2D eigenvalue weighted by atomic mass is 16.5. The monoisotopic (exact) mass is 298 g/mol. The lowest BCUT2D eigenvalue weighted by Gasteiger charge is -2.40. The van der Waals surface area contributed by atoms with E-state index < -0.39 is 6.10 Å². The predicted molar refractivity (Wildman–Crippen MR) is 82.6 cm³/mol.